The van der Waals surface area contributed by atoms with Gasteiger partial charge >= 0.3 is 0 Å². The lowest BCUT2D eigenvalue weighted by atomic mass is 10.2. The minimum Gasteiger partial charge on any atom is -0.340 e. The van der Waals surface area contributed by atoms with Gasteiger partial charge in [0, 0.05) is 23.6 Å². The van der Waals surface area contributed by atoms with Crippen LogP contribution in [0.1, 0.15) is 12.5 Å². The Bertz CT molecular complexity index is 396. The molecule has 1 aromatic rings. The number of nitrogens with zero attached hydrogens (tertiary/aromatic N) is 1. The number of likely N-dealkylation sites (N-methyl/N-ethyl adjacent to an activating group) is 1. The quantitative estimate of drug-likeness (QED) is 0.923. The molecule has 16 heavy (non-hydrogen) atoms. The first-order valence-electron chi connectivity index (χ1n) is 4.86. The Kier molecular flexibility index (Phi) is 4.44. The highest BCUT2D eigenvalue weighted by Crippen LogP contribution is 2.16. The normalized spacial score (nSPS) is 12.3. The van der Waals surface area contributed by atoms with Crippen molar-refractivity contribution in [2.45, 2.75) is 19.5 Å². The van der Waals surface area contributed by atoms with Gasteiger partial charge in [0.15, 0.2) is 0 Å². The summed E-state index contributed by atoms with van der Waals surface area (Å²) < 4.78 is 14.2. The van der Waals surface area contributed by atoms with Crippen molar-refractivity contribution in [1.29, 1.82) is 0 Å². The van der Waals surface area contributed by atoms with E-state index in [1.54, 1.807) is 26.1 Å². The van der Waals surface area contributed by atoms with Crippen LogP contribution < -0.4 is 5.73 Å². The third-order valence-electron chi connectivity index (χ3n) is 2.18. The molecule has 1 atom stereocenters. The van der Waals surface area contributed by atoms with Gasteiger partial charge in [-0.1, -0.05) is 15.9 Å². The Labute approximate surface area is 103 Å². The van der Waals surface area contributed by atoms with Crippen molar-refractivity contribution in [3.8, 4) is 0 Å². The molecular formula is C11H14BrFN2O. The number of hydrogen-bond donors (Lipinski definition) is 1. The molecule has 0 heterocycles. The monoisotopic (exact) mass is 288 g/mol. The van der Waals surface area contributed by atoms with Gasteiger partial charge in [0.1, 0.15) is 5.82 Å². The summed E-state index contributed by atoms with van der Waals surface area (Å²) in [7, 11) is 1.60. The average Bonchev–Trinajstić information content (AvgIpc) is 2.22. The van der Waals surface area contributed by atoms with Crippen molar-refractivity contribution in [2.24, 2.45) is 5.73 Å². The van der Waals surface area contributed by atoms with Crippen LogP contribution in [0.4, 0.5) is 4.39 Å². The SMILES string of the molecule is C[C@@H](N)C(=O)N(C)Cc1cc(Br)ccc1F. The first-order valence-corrected chi connectivity index (χ1v) is 5.65. The fourth-order valence-corrected chi connectivity index (χ4v) is 1.75. The molecule has 88 valence electrons. The van der Waals surface area contributed by atoms with Gasteiger partial charge < -0.3 is 10.6 Å². The molecule has 0 saturated heterocycles. The lowest BCUT2D eigenvalue weighted by Crippen LogP contribution is -2.39. The molecule has 0 aromatic heterocycles. The molecule has 0 aliphatic heterocycles. The molecule has 0 aliphatic carbocycles. The highest BCUT2D eigenvalue weighted by Gasteiger charge is 2.15. The predicted molar refractivity (Wildman–Crippen MR) is 64.2 cm³/mol. The maximum Gasteiger partial charge on any atom is 0.239 e. The van der Waals surface area contributed by atoms with E-state index in [2.05, 4.69) is 15.9 Å². The van der Waals surface area contributed by atoms with Crippen LogP contribution in [0.25, 0.3) is 0 Å². The third kappa shape index (κ3) is 3.28. The van der Waals surface area contributed by atoms with Crippen LogP contribution >= 0.6 is 15.9 Å². The van der Waals surface area contributed by atoms with Gasteiger partial charge in [0.05, 0.1) is 6.04 Å². The number of benzene rings is 1. The fourth-order valence-electron chi connectivity index (χ4n) is 1.35. The number of amides is 1. The molecule has 1 amide bonds. The largest absolute Gasteiger partial charge is 0.340 e. The molecule has 0 bridgehead atoms. The molecular weight excluding hydrogens is 275 g/mol. The van der Waals surface area contributed by atoms with E-state index in [-0.39, 0.29) is 18.3 Å². The van der Waals surface area contributed by atoms with Gasteiger partial charge in [0.2, 0.25) is 5.91 Å². The molecule has 3 nitrogen and oxygen atoms in total. The summed E-state index contributed by atoms with van der Waals surface area (Å²) in [6, 6.07) is 4.07. The molecule has 0 saturated carbocycles. The summed E-state index contributed by atoms with van der Waals surface area (Å²) in [6.45, 7) is 1.82. The first-order chi connectivity index (χ1) is 7.41. The second kappa shape index (κ2) is 5.41. The number of nitrogens with two attached hydrogens (primary N) is 1. The molecule has 5 heteroatoms. The molecule has 0 radical (unpaired) electrons. The lowest BCUT2D eigenvalue weighted by Gasteiger charge is -2.19. The zero-order valence-electron chi connectivity index (χ0n) is 9.21. The molecule has 2 N–H and O–H groups in total. The number of carbonyl (C=O) groups is 1. The number of carbonyl (C=O) groups excluding carboxylic acids is 1. The summed E-state index contributed by atoms with van der Waals surface area (Å²) in [5.74, 6) is -0.535. The first kappa shape index (κ1) is 13.1. The average molecular weight is 289 g/mol. The zero-order chi connectivity index (χ0) is 12.3. The molecule has 1 aromatic carbocycles. The standard InChI is InChI=1S/C11H14BrFN2O/c1-7(14)11(16)15(2)6-8-5-9(12)3-4-10(8)13/h3-5,7H,6,14H2,1-2H3/t7-/m1/s1. The van der Waals surface area contributed by atoms with Crippen molar-refractivity contribution in [3.63, 3.8) is 0 Å². The Balaban J connectivity index is 2.80. The van der Waals surface area contributed by atoms with Crippen LogP contribution in [0.3, 0.4) is 0 Å². The minimum atomic E-state index is -0.569. The third-order valence-corrected chi connectivity index (χ3v) is 2.67. The van der Waals surface area contributed by atoms with E-state index in [0.717, 1.165) is 4.47 Å². The maximum absolute atomic E-state index is 13.4. The fraction of sp³-hybridized carbons (Fsp3) is 0.364. The van der Waals surface area contributed by atoms with Gasteiger partial charge in [0.25, 0.3) is 0 Å². The predicted octanol–water partition coefficient (Wildman–Crippen LogP) is 1.89. The second-order valence-electron chi connectivity index (χ2n) is 3.72. The Morgan fingerprint density at radius 3 is 2.81 bits per heavy atom. The van der Waals surface area contributed by atoms with Crippen LogP contribution in [0.5, 0.6) is 0 Å². The molecule has 0 unspecified atom stereocenters. The molecule has 0 aliphatic rings. The number of hydrogen-bond acceptors (Lipinski definition) is 2. The number of halogens is 2. The van der Waals surface area contributed by atoms with Crippen molar-refractivity contribution >= 4 is 21.8 Å². The van der Waals surface area contributed by atoms with Gasteiger partial charge in [-0.15, -0.1) is 0 Å². The smallest absolute Gasteiger partial charge is 0.239 e. The topological polar surface area (TPSA) is 46.3 Å². The van der Waals surface area contributed by atoms with E-state index in [9.17, 15) is 9.18 Å². The van der Waals surface area contributed by atoms with Gasteiger partial charge in [-0.05, 0) is 25.1 Å². The van der Waals surface area contributed by atoms with E-state index in [1.165, 1.54) is 11.0 Å². The second-order valence-corrected chi connectivity index (χ2v) is 4.63. The van der Waals surface area contributed by atoms with Gasteiger partial charge in [-0.2, -0.15) is 0 Å². The van der Waals surface area contributed by atoms with Crippen LogP contribution in [-0.4, -0.2) is 23.9 Å². The van der Waals surface area contributed by atoms with Crippen LogP contribution in [0.15, 0.2) is 22.7 Å². The summed E-state index contributed by atoms with van der Waals surface area (Å²) in [6.07, 6.45) is 0. The summed E-state index contributed by atoms with van der Waals surface area (Å²) in [5, 5.41) is 0. The Hall–Kier alpha value is -0.940. The Morgan fingerprint density at radius 2 is 2.25 bits per heavy atom. The molecule has 1 rings (SSSR count). The van der Waals surface area contributed by atoms with Gasteiger partial charge in [-0.3, -0.25) is 4.79 Å². The van der Waals surface area contributed by atoms with Crippen LogP contribution in [-0.2, 0) is 11.3 Å². The molecule has 0 fully saturated rings. The summed E-state index contributed by atoms with van der Waals surface area (Å²) in [4.78, 5) is 12.9. The highest BCUT2D eigenvalue weighted by atomic mass is 79.9. The van der Waals surface area contributed by atoms with Crippen molar-refractivity contribution < 1.29 is 9.18 Å². The van der Waals surface area contributed by atoms with E-state index in [0.29, 0.717) is 5.56 Å². The summed E-state index contributed by atoms with van der Waals surface area (Å²) >= 11 is 3.26. The van der Waals surface area contributed by atoms with E-state index >= 15 is 0 Å². The highest BCUT2D eigenvalue weighted by molar-refractivity contribution is 9.10. The van der Waals surface area contributed by atoms with E-state index in [1.807, 2.05) is 0 Å². The summed E-state index contributed by atoms with van der Waals surface area (Å²) in [5.41, 5.74) is 5.93. The minimum absolute atomic E-state index is 0.209. The van der Waals surface area contributed by atoms with Crippen molar-refractivity contribution in [1.82, 2.24) is 4.90 Å². The zero-order valence-corrected chi connectivity index (χ0v) is 10.8. The molecule has 0 spiro atoms. The van der Waals surface area contributed by atoms with Crippen LogP contribution in [0, 0.1) is 5.82 Å². The van der Waals surface area contributed by atoms with Crippen LogP contribution in [0.2, 0.25) is 0 Å². The van der Waals surface area contributed by atoms with E-state index in [4.69, 9.17) is 5.73 Å². The van der Waals surface area contributed by atoms with E-state index < -0.39 is 6.04 Å². The number of rotatable bonds is 3. The lowest BCUT2D eigenvalue weighted by molar-refractivity contribution is -0.131. The van der Waals surface area contributed by atoms with Crippen molar-refractivity contribution in [2.75, 3.05) is 7.05 Å². The van der Waals surface area contributed by atoms with Gasteiger partial charge in [-0.25, -0.2) is 4.39 Å². The van der Waals surface area contributed by atoms with Crippen molar-refractivity contribution in [3.05, 3.63) is 34.1 Å². The maximum atomic E-state index is 13.4. The Morgan fingerprint density at radius 1 is 1.62 bits per heavy atom.